The number of aromatic nitrogens is 1. The Labute approximate surface area is 89.6 Å². The third-order valence-corrected chi connectivity index (χ3v) is 7.16. The van der Waals surface area contributed by atoms with Crippen LogP contribution in [-0.2, 0) is 0 Å². The summed E-state index contributed by atoms with van der Waals surface area (Å²) in [4.78, 5) is 0. The Morgan fingerprint density at radius 3 is 2.25 bits per heavy atom. The predicted molar refractivity (Wildman–Crippen MR) is 54.5 cm³/mol. The van der Waals surface area contributed by atoms with Crippen molar-refractivity contribution < 1.29 is 21.1 Å². The first kappa shape index (κ1) is 11.9. The van der Waals surface area contributed by atoms with E-state index in [0.29, 0.717) is 0 Å². The first-order chi connectivity index (χ1) is 7.41. The van der Waals surface area contributed by atoms with E-state index >= 15 is 0 Å². The Morgan fingerprint density at radius 2 is 1.69 bits per heavy atom. The zero-order valence-corrected chi connectivity index (χ0v) is 10.2. The van der Waals surface area contributed by atoms with Crippen molar-refractivity contribution in [2.75, 3.05) is 0 Å². The van der Waals surface area contributed by atoms with Crippen LogP contribution in [0.4, 0.5) is 16.8 Å². The molecule has 2 atom stereocenters. The van der Waals surface area contributed by atoms with Crippen LogP contribution in [0, 0.1) is 0 Å². The maximum atomic E-state index is 14.1. The van der Waals surface area contributed by atoms with E-state index in [-0.39, 0.29) is 0 Å². The van der Waals surface area contributed by atoms with E-state index in [2.05, 4.69) is 13.5 Å². The zero-order valence-electron chi connectivity index (χ0n) is 7.53. The van der Waals surface area contributed by atoms with Crippen LogP contribution in [-0.4, -0.2) is 0 Å². The molecule has 0 saturated heterocycles. The molecule has 0 saturated carbocycles. The van der Waals surface area contributed by atoms with Gasteiger partial charge in [-0.1, -0.05) is 10.6 Å². The fraction of sp³-hybridized carbons (Fsp3) is 0. The molecule has 16 heavy (non-hydrogen) atoms. The van der Waals surface area contributed by atoms with Crippen molar-refractivity contribution in [3.63, 3.8) is 0 Å². The zero-order chi connectivity index (χ0) is 11.8. The Morgan fingerprint density at radius 1 is 1.06 bits per heavy atom. The van der Waals surface area contributed by atoms with Gasteiger partial charge in [-0.3, -0.25) is 0 Å². The van der Waals surface area contributed by atoms with Gasteiger partial charge in [0.15, 0.2) is 12.4 Å². The molecule has 1 aliphatic rings. The Kier molecular flexibility index (Phi) is 2.99. The van der Waals surface area contributed by atoms with Gasteiger partial charge in [0.25, 0.3) is 0 Å². The molecule has 1 aromatic rings. The average molecular weight is 290 g/mol. The van der Waals surface area contributed by atoms with Crippen LogP contribution in [0.5, 0.6) is 0 Å². The van der Waals surface area contributed by atoms with Gasteiger partial charge in [-0.05, 0) is 0 Å². The average Bonchev–Trinajstić information content (AvgIpc) is 2.15. The molecule has 11 heteroatoms. The topological polar surface area (TPSA) is 41.0 Å². The number of nitrogens with zero attached hydrogens (tertiary/aromatic N) is 4. The highest BCUT2D eigenvalue weighted by Crippen LogP contribution is 2.73. The van der Waals surface area contributed by atoms with E-state index in [9.17, 15) is 16.8 Å². The predicted octanol–water partition coefficient (Wildman–Crippen LogP) is 5.10. The summed E-state index contributed by atoms with van der Waals surface area (Å²) < 4.78 is 61.6. The van der Waals surface area contributed by atoms with Crippen LogP contribution in [0.15, 0.2) is 44.1 Å². The first-order valence-electron chi connectivity index (χ1n) is 3.93. The molecule has 0 amide bonds. The molecule has 0 radical (unpaired) electrons. The van der Waals surface area contributed by atoms with Crippen LogP contribution in [0.1, 0.15) is 0 Å². The van der Waals surface area contributed by atoms with E-state index in [1.807, 2.05) is 0 Å². The van der Waals surface area contributed by atoms with E-state index in [0.717, 1.165) is 4.34 Å². The lowest BCUT2D eigenvalue weighted by atomic mass is 10.5. The van der Waals surface area contributed by atoms with Crippen molar-refractivity contribution in [1.29, 1.82) is 0 Å². The van der Waals surface area contributed by atoms with E-state index in [4.69, 9.17) is 0 Å². The first-order valence-corrected chi connectivity index (χ1v) is 8.08. The monoisotopic (exact) mass is 290 g/mol. The fourth-order valence-corrected chi connectivity index (χ4v) is 6.21. The summed E-state index contributed by atoms with van der Waals surface area (Å²) in [6.45, 7) is 0. The van der Waals surface area contributed by atoms with Crippen molar-refractivity contribution in [2.45, 2.75) is 0 Å². The lowest BCUT2D eigenvalue weighted by Gasteiger charge is -2.02. The molecule has 0 aliphatic carbocycles. The minimum atomic E-state index is -5.22. The third-order valence-electron chi connectivity index (χ3n) is 1.58. The molecule has 0 aromatic carbocycles. The second-order valence-corrected chi connectivity index (χ2v) is 7.71. The smallest absolute Gasteiger partial charge is 0.147 e. The van der Waals surface area contributed by atoms with Crippen molar-refractivity contribution >= 4 is 23.7 Å². The third kappa shape index (κ3) is 2.40. The molecule has 1 aromatic heterocycles. The summed E-state index contributed by atoms with van der Waals surface area (Å²) in [6, 6.07) is 4.42. The van der Waals surface area contributed by atoms with Gasteiger partial charge in [-0.15, -0.1) is 16.9 Å². The van der Waals surface area contributed by atoms with Gasteiger partial charge in [0, 0.05) is 12.1 Å². The molecule has 0 fully saturated rings. The summed E-state index contributed by atoms with van der Waals surface area (Å²) in [7, 11) is -12.8. The van der Waals surface area contributed by atoms with Gasteiger partial charge in [-0.2, -0.15) is 0 Å². The van der Waals surface area contributed by atoms with Crippen LogP contribution < -0.4 is 4.34 Å². The van der Waals surface area contributed by atoms with Gasteiger partial charge in [0.05, 0.1) is 13.2 Å². The lowest BCUT2D eigenvalue weighted by molar-refractivity contribution is -0.520. The standard InChI is InChI=1S/C5H5F4N4P3/c6-14-10-15(7,8)12-16(9,11-14)13-4-2-1-3-5-13/h1-5H/q+2. The number of rotatable bonds is 1. The summed E-state index contributed by atoms with van der Waals surface area (Å²) in [5.41, 5.74) is 0. The molecular weight excluding hydrogens is 285 g/mol. The highest BCUT2D eigenvalue weighted by molar-refractivity contribution is 7.73. The van der Waals surface area contributed by atoms with Gasteiger partial charge in [0.1, 0.15) is 0 Å². The molecule has 2 rings (SSSR count). The van der Waals surface area contributed by atoms with E-state index < -0.39 is 23.7 Å². The minimum Gasteiger partial charge on any atom is -0.147 e. The maximum absolute atomic E-state index is 14.1. The lowest BCUT2D eigenvalue weighted by Crippen LogP contribution is -2.26. The fourth-order valence-electron chi connectivity index (χ4n) is 1.02. The SMILES string of the molecule is F[P+]1=NP(F)(F)=NP(F)([n+]2ccccc2)=N1. The second kappa shape index (κ2) is 4.02. The molecule has 1 aliphatic heterocycles. The summed E-state index contributed by atoms with van der Waals surface area (Å²) in [5, 5.41) is 0. The molecule has 86 valence electrons. The number of halogens is 4. The van der Waals surface area contributed by atoms with Crippen LogP contribution in [0.2, 0.25) is 0 Å². The summed E-state index contributed by atoms with van der Waals surface area (Å²) >= 11 is 0. The molecule has 0 spiro atoms. The van der Waals surface area contributed by atoms with Gasteiger partial charge in [-0.25, -0.2) is 0 Å². The largest absolute Gasteiger partial charge is 0.601 e. The van der Waals surface area contributed by atoms with E-state index in [1.54, 1.807) is 6.07 Å². The van der Waals surface area contributed by atoms with Gasteiger partial charge >= 0.3 is 23.7 Å². The van der Waals surface area contributed by atoms with Crippen LogP contribution in [0.25, 0.3) is 0 Å². The van der Waals surface area contributed by atoms with Crippen LogP contribution in [0.3, 0.4) is 0 Å². The Hall–Kier alpha value is -0.570. The van der Waals surface area contributed by atoms with Crippen LogP contribution >= 0.6 is 23.7 Å². The van der Waals surface area contributed by atoms with E-state index in [1.165, 1.54) is 24.5 Å². The molecule has 4 nitrogen and oxygen atoms in total. The second-order valence-electron chi connectivity index (χ2n) is 2.72. The van der Waals surface area contributed by atoms with Crippen molar-refractivity contribution in [2.24, 2.45) is 13.5 Å². The Balaban J connectivity index is 2.66. The number of pyridine rings is 1. The van der Waals surface area contributed by atoms with Gasteiger partial charge in [0.2, 0.25) is 0 Å². The number of hydrogen-bond donors (Lipinski definition) is 0. The Bertz CT molecular complexity index is 550. The summed E-state index contributed by atoms with van der Waals surface area (Å²) in [5.74, 6) is 0. The molecule has 0 bridgehead atoms. The summed E-state index contributed by atoms with van der Waals surface area (Å²) in [6.07, 6.45) is 2.38. The quantitative estimate of drug-likeness (QED) is 0.510. The van der Waals surface area contributed by atoms with Gasteiger partial charge < -0.3 is 0 Å². The molecule has 0 N–H and O–H groups in total. The highest BCUT2D eigenvalue weighted by Gasteiger charge is 2.47. The molecule has 2 heterocycles. The van der Waals surface area contributed by atoms with Crippen molar-refractivity contribution in [3.8, 4) is 0 Å². The molecule has 2 unspecified atom stereocenters. The highest BCUT2D eigenvalue weighted by atomic mass is 31.3. The number of hydrogen-bond acceptors (Lipinski definition) is 3. The van der Waals surface area contributed by atoms with Crippen molar-refractivity contribution in [3.05, 3.63) is 30.6 Å². The molecular formula is C5H5F4N4P3+2. The maximum Gasteiger partial charge on any atom is 0.601 e. The minimum absolute atomic E-state index is 0.782. The normalized spacial score (nSPS) is 29.9. The van der Waals surface area contributed by atoms with Crippen molar-refractivity contribution in [1.82, 2.24) is 0 Å².